The molecule has 1 aliphatic heterocycles. The quantitative estimate of drug-likeness (QED) is 0.658. The van der Waals surface area contributed by atoms with Crippen LogP contribution in [0.25, 0.3) is 6.08 Å². The summed E-state index contributed by atoms with van der Waals surface area (Å²) in [5.41, 5.74) is 0.757. The summed E-state index contributed by atoms with van der Waals surface area (Å²) in [6.45, 7) is 3.83. The van der Waals surface area contributed by atoms with Crippen molar-refractivity contribution in [3.05, 3.63) is 34.7 Å². The lowest BCUT2D eigenvalue weighted by atomic mass is 10.2. The first-order chi connectivity index (χ1) is 10.5. The molecule has 0 aromatic heterocycles. The molecule has 1 atom stereocenters. The van der Waals surface area contributed by atoms with Crippen LogP contribution in [0.1, 0.15) is 19.4 Å². The van der Waals surface area contributed by atoms with Crippen LogP contribution in [0.3, 0.4) is 0 Å². The summed E-state index contributed by atoms with van der Waals surface area (Å²) in [7, 11) is 0. The zero-order chi connectivity index (χ0) is 16.3. The monoisotopic (exact) mass is 337 g/mol. The van der Waals surface area contributed by atoms with E-state index < -0.39 is 17.9 Å². The maximum Gasteiger partial charge on any atom is 0.326 e. The molecule has 0 spiro atoms. The average molecular weight is 337 g/mol. The van der Waals surface area contributed by atoms with E-state index in [4.69, 9.17) is 22.1 Å². The molecule has 1 saturated heterocycles. The predicted molar refractivity (Wildman–Crippen MR) is 89.7 cm³/mol. The fourth-order valence-corrected chi connectivity index (χ4v) is 3.36. The standard InChI is InChI=1S/C15H15NO4S2/c1-3-20-11-7-5-4-6-10(11)8-12-13(17)16(15(21)22-12)9(2)14(18)19/h4-9H,3H2,1-2H3,(H,18,19). The predicted octanol–water partition coefficient (Wildman–Crippen LogP) is 2.76. The van der Waals surface area contributed by atoms with Gasteiger partial charge in [0.1, 0.15) is 16.1 Å². The number of ether oxygens (including phenoxy) is 1. The number of carbonyl (C=O) groups excluding carboxylic acids is 1. The molecule has 1 amide bonds. The summed E-state index contributed by atoms with van der Waals surface area (Å²) in [4.78, 5) is 25.0. The molecule has 0 saturated carbocycles. The second-order valence-corrected chi connectivity index (χ2v) is 6.21. The Morgan fingerprint density at radius 2 is 2.18 bits per heavy atom. The second kappa shape index (κ2) is 6.93. The van der Waals surface area contributed by atoms with Gasteiger partial charge in [-0.15, -0.1) is 0 Å². The van der Waals surface area contributed by atoms with E-state index in [1.54, 1.807) is 6.08 Å². The first kappa shape index (κ1) is 16.5. The number of para-hydroxylation sites is 1. The summed E-state index contributed by atoms with van der Waals surface area (Å²) in [6, 6.07) is 6.35. The highest BCUT2D eigenvalue weighted by Crippen LogP contribution is 2.35. The maximum absolute atomic E-state index is 12.4. The molecule has 0 radical (unpaired) electrons. The normalized spacial score (nSPS) is 17.9. The zero-order valence-electron chi connectivity index (χ0n) is 12.1. The van der Waals surface area contributed by atoms with Crippen molar-refractivity contribution < 1.29 is 19.4 Å². The van der Waals surface area contributed by atoms with E-state index >= 15 is 0 Å². The van der Waals surface area contributed by atoms with Gasteiger partial charge >= 0.3 is 5.97 Å². The van der Waals surface area contributed by atoms with E-state index in [1.807, 2.05) is 31.2 Å². The maximum atomic E-state index is 12.4. The first-order valence-electron chi connectivity index (χ1n) is 6.67. The van der Waals surface area contributed by atoms with Gasteiger partial charge in [-0.2, -0.15) is 0 Å². The number of hydrogen-bond acceptors (Lipinski definition) is 5. The Hall–Kier alpha value is -1.86. The number of carbonyl (C=O) groups is 2. The second-order valence-electron chi connectivity index (χ2n) is 4.54. The Morgan fingerprint density at radius 1 is 1.50 bits per heavy atom. The number of thiocarbonyl (C=S) groups is 1. The smallest absolute Gasteiger partial charge is 0.326 e. The Morgan fingerprint density at radius 3 is 2.82 bits per heavy atom. The minimum Gasteiger partial charge on any atom is -0.493 e. The number of rotatable bonds is 5. The van der Waals surface area contributed by atoms with Crippen LogP contribution in [0.5, 0.6) is 5.75 Å². The molecule has 1 heterocycles. The third-order valence-corrected chi connectivity index (χ3v) is 4.40. The highest BCUT2D eigenvalue weighted by molar-refractivity contribution is 8.26. The third-order valence-electron chi connectivity index (χ3n) is 3.07. The van der Waals surface area contributed by atoms with Gasteiger partial charge in [0.2, 0.25) is 0 Å². The fraction of sp³-hybridized carbons (Fsp3) is 0.267. The van der Waals surface area contributed by atoms with Crippen molar-refractivity contribution in [2.45, 2.75) is 19.9 Å². The van der Waals surface area contributed by atoms with E-state index in [2.05, 4.69) is 0 Å². The lowest BCUT2D eigenvalue weighted by molar-refractivity contribution is -0.144. The molecule has 7 heteroatoms. The Balaban J connectivity index is 2.33. The highest BCUT2D eigenvalue weighted by Gasteiger charge is 2.38. The molecule has 2 rings (SSSR count). The molecule has 1 unspecified atom stereocenters. The number of carboxylic acids is 1. The average Bonchev–Trinajstić information content (AvgIpc) is 2.75. The van der Waals surface area contributed by atoms with E-state index in [9.17, 15) is 9.59 Å². The number of aliphatic carboxylic acids is 1. The van der Waals surface area contributed by atoms with Gasteiger partial charge in [0.25, 0.3) is 5.91 Å². The molecule has 1 N–H and O–H groups in total. The van der Waals surface area contributed by atoms with Gasteiger partial charge in [0.15, 0.2) is 0 Å². The summed E-state index contributed by atoms with van der Waals surface area (Å²) < 4.78 is 5.77. The van der Waals surface area contributed by atoms with Crippen LogP contribution in [0, 0.1) is 0 Å². The van der Waals surface area contributed by atoms with Gasteiger partial charge in [-0.25, -0.2) is 4.79 Å². The van der Waals surface area contributed by atoms with Crippen molar-refractivity contribution in [2.75, 3.05) is 6.61 Å². The highest BCUT2D eigenvalue weighted by atomic mass is 32.2. The van der Waals surface area contributed by atoms with Gasteiger partial charge in [0.05, 0.1) is 11.5 Å². The number of benzene rings is 1. The molecule has 22 heavy (non-hydrogen) atoms. The number of amides is 1. The van der Waals surface area contributed by atoms with Gasteiger partial charge in [-0.05, 0) is 26.0 Å². The van der Waals surface area contributed by atoms with Gasteiger partial charge in [-0.3, -0.25) is 9.69 Å². The molecule has 1 aromatic carbocycles. The van der Waals surface area contributed by atoms with Crippen molar-refractivity contribution in [2.24, 2.45) is 0 Å². The molecule has 1 aromatic rings. The van der Waals surface area contributed by atoms with Crippen molar-refractivity contribution in [3.8, 4) is 5.75 Å². The minimum absolute atomic E-state index is 0.250. The summed E-state index contributed by atoms with van der Waals surface area (Å²) in [6.07, 6.45) is 1.68. The number of hydrogen-bond donors (Lipinski definition) is 1. The number of nitrogens with zero attached hydrogens (tertiary/aromatic N) is 1. The Labute approximate surface area is 137 Å². The van der Waals surface area contributed by atoms with Crippen LogP contribution in [-0.4, -0.2) is 38.9 Å². The van der Waals surface area contributed by atoms with Crippen molar-refractivity contribution in [3.63, 3.8) is 0 Å². The SMILES string of the molecule is CCOc1ccccc1C=C1SC(=S)N(C(C)C(=O)O)C1=O. The molecular weight excluding hydrogens is 322 g/mol. The summed E-state index contributed by atoms with van der Waals surface area (Å²) >= 11 is 6.22. The van der Waals surface area contributed by atoms with Crippen LogP contribution < -0.4 is 4.74 Å². The van der Waals surface area contributed by atoms with E-state index in [-0.39, 0.29) is 4.32 Å². The first-order valence-corrected chi connectivity index (χ1v) is 7.90. The fourth-order valence-electron chi connectivity index (χ4n) is 1.95. The van der Waals surface area contributed by atoms with Crippen LogP contribution in [-0.2, 0) is 9.59 Å². The Kier molecular flexibility index (Phi) is 5.20. The largest absolute Gasteiger partial charge is 0.493 e. The summed E-state index contributed by atoms with van der Waals surface area (Å²) in [5, 5.41) is 9.07. The summed E-state index contributed by atoms with van der Waals surface area (Å²) in [5.74, 6) is -0.815. The van der Waals surface area contributed by atoms with Gasteiger partial charge in [-0.1, -0.05) is 42.2 Å². The molecule has 0 aliphatic carbocycles. The van der Waals surface area contributed by atoms with Crippen LogP contribution in [0.4, 0.5) is 0 Å². The van der Waals surface area contributed by atoms with E-state index in [1.165, 1.54) is 6.92 Å². The molecular formula is C15H15NO4S2. The molecule has 5 nitrogen and oxygen atoms in total. The van der Waals surface area contributed by atoms with Crippen LogP contribution >= 0.6 is 24.0 Å². The van der Waals surface area contributed by atoms with Crippen molar-refractivity contribution >= 4 is 46.3 Å². The molecule has 1 aliphatic rings. The number of carboxylic acid groups (broad SMARTS) is 1. The molecule has 0 bridgehead atoms. The van der Waals surface area contributed by atoms with Crippen LogP contribution in [0.15, 0.2) is 29.2 Å². The lowest BCUT2D eigenvalue weighted by Crippen LogP contribution is -2.41. The number of thioether (sulfide) groups is 1. The third kappa shape index (κ3) is 3.31. The lowest BCUT2D eigenvalue weighted by Gasteiger charge is -2.18. The van der Waals surface area contributed by atoms with E-state index in [0.717, 1.165) is 22.2 Å². The zero-order valence-corrected chi connectivity index (χ0v) is 13.7. The van der Waals surface area contributed by atoms with Gasteiger partial charge in [0, 0.05) is 5.56 Å². The Bertz CT molecular complexity index is 657. The van der Waals surface area contributed by atoms with Crippen molar-refractivity contribution in [1.82, 2.24) is 4.90 Å². The topological polar surface area (TPSA) is 66.8 Å². The van der Waals surface area contributed by atoms with Crippen LogP contribution in [0.2, 0.25) is 0 Å². The minimum atomic E-state index is -1.09. The molecule has 1 fully saturated rings. The van der Waals surface area contributed by atoms with Gasteiger partial charge < -0.3 is 9.84 Å². The molecule has 116 valence electrons. The van der Waals surface area contributed by atoms with E-state index in [0.29, 0.717) is 17.3 Å². The van der Waals surface area contributed by atoms with Crippen molar-refractivity contribution in [1.29, 1.82) is 0 Å².